The van der Waals surface area contributed by atoms with Crippen molar-refractivity contribution < 1.29 is 14.2 Å². The third kappa shape index (κ3) is 4.63. The number of hydrogen-bond donors (Lipinski definition) is 2. The second-order valence-corrected chi connectivity index (χ2v) is 12.4. The summed E-state index contributed by atoms with van der Waals surface area (Å²) in [5.74, 6) is 2.29. The van der Waals surface area contributed by atoms with Crippen molar-refractivity contribution >= 4 is 11.8 Å². The molecule has 238 valence electrons. The predicted octanol–water partition coefficient (Wildman–Crippen LogP) is 11.0. The summed E-state index contributed by atoms with van der Waals surface area (Å²) < 4.78 is 19.0. The highest BCUT2D eigenvalue weighted by molar-refractivity contribution is 6.07. The highest BCUT2D eigenvalue weighted by Gasteiger charge is 2.47. The fourth-order valence-corrected chi connectivity index (χ4v) is 7.42. The molecular formula is C45H30N2O3. The summed E-state index contributed by atoms with van der Waals surface area (Å²) in [6, 6.07) is 56.7. The van der Waals surface area contributed by atoms with Crippen LogP contribution in [0.2, 0.25) is 0 Å². The fraction of sp³-hybridized carbons (Fsp3) is 0.0222. The SMILES string of the molecule is N=C(OC(=N)c1ccccc1-c1ccc2c(c1)Oc1cc3c(cc1O2)-c1ccccc1C3(c1ccccc1)c1ccccc1)c1ccccc1. The molecule has 7 aromatic carbocycles. The summed E-state index contributed by atoms with van der Waals surface area (Å²) >= 11 is 0. The second kappa shape index (κ2) is 11.8. The molecule has 0 aromatic heterocycles. The maximum absolute atomic E-state index is 8.77. The van der Waals surface area contributed by atoms with Crippen LogP contribution in [0.1, 0.15) is 33.4 Å². The molecule has 0 saturated heterocycles. The van der Waals surface area contributed by atoms with Gasteiger partial charge in [-0.15, -0.1) is 0 Å². The predicted molar refractivity (Wildman–Crippen MR) is 197 cm³/mol. The highest BCUT2D eigenvalue weighted by atomic mass is 16.6. The van der Waals surface area contributed by atoms with Crippen LogP contribution in [-0.2, 0) is 10.2 Å². The van der Waals surface area contributed by atoms with E-state index in [0.717, 1.165) is 22.3 Å². The number of benzene rings is 7. The Bertz CT molecular complexity index is 2400. The van der Waals surface area contributed by atoms with Crippen LogP contribution in [-0.4, -0.2) is 11.8 Å². The molecule has 0 spiro atoms. The zero-order valence-corrected chi connectivity index (χ0v) is 26.9. The van der Waals surface area contributed by atoms with Gasteiger partial charge in [-0.1, -0.05) is 127 Å². The molecule has 0 amide bonds. The summed E-state index contributed by atoms with van der Waals surface area (Å²) in [6.07, 6.45) is 0. The van der Waals surface area contributed by atoms with Gasteiger partial charge in [-0.2, -0.15) is 0 Å². The molecule has 1 aliphatic carbocycles. The molecule has 1 aliphatic heterocycles. The first-order valence-electron chi connectivity index (χ1n) is 16.5. The molecule has 0 saturated carbocycles. The second-order valence-electron chi connectivity index (χ2n) is 12.4. The van der Waals surface area contributed by atoms with Crippen LogP contribution in [0.5, 0.6) is 23.0 Å². The minimum absolute atomic E-state index is 0.0825. The molecule has 7 aromatic rings. The molecular weight excluding hydrogens is 617 g/mol. The lowest BCUT2D eigenvalue weighted by molar-refractivity contribution is 0.359. The van der Waals surface area contributed by atoms with Crippen LogP contribution < -0.4 is 9.47 Å². The Morgan fingerprint density at radius 2 is 1.00 bits per heavy atom. The van der Waals surface area contributed by atoms with Crippen LogP contribution in [0, 0.1) is 10.8 Å². The van der Waals surface area contributed by atoms with Crippen molar-refractivity contribution in [2.24, 2.45) is 0 Å². The van der Waals surface area contributed by atoms with E-state index in [-0.39, 0.29) is 11.8 Å². The topological polar surface area (TPSA) is 75.4 Å². The first kappa shape index (κ1) is 29.4. The monoisotopic (exact) mass is 646 g/mol. The van der Waals surface area contributed by atoms with Crippen molar-refractivity contribution in [3.63, 3.8) is 0 Å². The largest absolute Gasteiger partial charge is 0.449 e. The molecule has 50 heavy (non-hydrogen) atoms. The number of ether oxygens (including phenoxy) is 3. The molecule has 0 atom stereocenters. The van der Waals surface area contributed by atoms with E-state index in [1.54, 1.807) is 12.1 Å². The van der Waals surface area contributed by atoms with E-state index < -0.39 is 5.41 Å². The molecule has 0 unspecified atom stereocenters. The van der Waals surface area contributed by atoms with E-state index in [1.165, 1.54) is 22.3 Å². The van der Waals surface area contributed by atoms with Gasteiger partial charge in [0.25, 0.3) is 0 Å². The van der Waals surface area contributed by atoms with E-state index in [0.29, 0.717) is 34.1 Å². The van der Waals surface area contributed by atoms with Gasteiger partial charge in [0.2, 0.25) is 11.8 Å². The maximum atomic E-state index is 8.77. The smallest absolute Gasteiger partial charge is 0.221 e. The standard InChI is InChI=1S/C45H30N2O3/c46-43(29-14-4-1-5-15-29)50-44(47)35-22-11-10-20-33(35)30-24-25-39-40(26-30)49-42-28-38-36(27-41(42)48-39)34-21-12-13-23-37(34)45(38,31-16-6-2-7-17-31)32-18-8-3-9-19-32/h1-28,46-47H. The Morgan fingerprint density at radius 1 is 0.440 bits per heavy atom. The zero-order valence-electron chi connectivity index (χ0n) is 26.9. The number of fused-ring (bicyclic) bond motifs is 5. The van der Waals surface area contributed by atoms with Gasteiger partial charge in [-0.3, -0.25) is 10.8 Å². The molecule has 2 N–H and O–H groups in total. The molecule has 5 nitrogen and oxygen atoms in total. The molecule has 2 aliphatic rings. The van der Waals surface area contributed by atoms with E-state index in [9.17, 15) is 0 Å². The summed E-state index contributed by atoms with van der Waals surface area (Å²) in [6.45, 7) is 0. The molecule has 9 rings (SSSR count). The van der Waals surface area contributed by atoms with Gasteiger partial charge in [-0.05, 0) is 87.0 Å². The molecule has 0 bridgehead atoms. The first-order chi connectivity index (χ1) is 24.6. The molecule has 0 radical (unpaired) electrons. The third-order valence-electron chi connectivity index (χ3n) is 9.63. The van der Waals surface area contributed by atoms with Gasteiger partial charge in [0.1, 0.15) is 0 Å². The Labute approximate surface area is 290 Å². The normalized spacial score (nSPS) is 13.0. The number of hydrogen-bond acceptors (Lipinski definition) is 5. The lowest BCUT2D eigenvalue weighted by Gasteiger charge is -2.34. The maximum Gasteiger partial charge on any atom is 0.221 e. The van der Waals surface area contributed by atoms with Crippen molar-refractivity contribution in [3.8, 4) is 45.3 Å². The van der Waals surface area contributed by atoms with Gasteiger partial charge >= 0.3 is 0 Å². The molecule has 0 fully saturated rings. The summed E-state index contributed by atoms with van der Waals surface area (Å²) in [4.78, 5) is 0. The fourth-order valence-electron chi connectivity index (χ4n) is 7.42. The number of rotatable bonds is 5. The van der Waals surface area contributed by atoms with E-state index >= 15 is 0 Å². The molecule has 5 heteroatoms. The first-order valence-corrected chi connectivity index (χ1v) is 16.5. The lowest BCUT2D eigenvalue weighted by atomic mass is 9.67. The van der Waals surface area contributed by atoms with Crippen LogP contribution >= 0.6 is 0 Å². The lowest BCUT2D eigenvalue weighted by Crippen LogP contribution is -2.28. The van der Waals surface area contributed by atoms with Crippen LogP contribution in [0.15, 0.2) is 170 Å². The van der Waals surface area contributed by atoms with Crippen molar-refractivity contribution in [1.29, 1.82) is 10.8 Å². The van der Waals surface area contributed by atoms with E-state index in [2.05, 4.69) is 97.1 Å². The van der Waals surface area contributed by atoms with Crippen LogP contribution in [0.25, 0.3) is 22.3 Å². The third-order valence-corrected chi connectivity index (χ3v) is 9.63. The van der Waals surface area contributed by atoms with Crippen molar-refractivity contribution in [2.75, 3.05) is 0 Å². The van der Waals surface area contributed by atoms with Gasteiger partial charge in [0.05, 0.1) is 5.41 Å². The summed E-state index contributed by atoms with van der Waals surface area (Å²) in [5, 5.41) is 17.2. The number of nitrogens with one attached hydrogen (secondary N) is 2. The zero-order chi connectivity index (χ0) is 33.7. The minimum atomic E-state index is -0.554. The molecule has 1 heterocycles. The van der Waals surface area contributed by atoms with E-state index in [1.807, 2.05) is 60.7 Å². The Morgan fingerprint density at radius 3 is 1.72 bits per heavy atom. The van der Waals surface area contributed by atoms with Crippen molar-refractivity contribution in [1.82, 2.24) is 0 Å². The van der Waals surface area contributed by atoms with Gasteiger partial charge < -0.3 is 14.2 Å². The average Bonchev–Trinajstić information content (AvgIpc) is 3.46. The Balaban J connectivity index is 1.12. The van der Waals surface area contributed by atoms with E-state index in [4.69, 9.17) is 25.0 Å². The average molecular weight is 647 g/mol. The van der Waals surface area contributed by atoms with Gasteiger partial charge in [0, 0.05) is 11.1 Å². The van der Waals surface area contributed by atoms with Crippen LogP contribution in [0.3, 0.4) is 0 Å². The Hall–Kier alpha value is -6.72. The van der Waals surface area contributed by atoms with Crippen molar-refractivity contribution in [2.45, 2.75) is 5.41 Å². The quantitative estimate of drug-likeness (QED) is 0.144. The minimum Gasteiger partial charge on any atom is -0.449 e. The summed E-state index contributed by atoms with van der Waals surface area (Å²) in [7, 11) is 0. The van der Waals surface area contributed by atoms with Gasteiger partial charge in [0.15, 0.2) is 23.0 Å². The Kier molecular flexibility index (Phi) is 6.92. The highest BCUT2D eigenvalue weighted by Crippen LogP contribution is 2.59. The van der Waals surface area contributed by atoms with Gasteiger partial charge in [-0.25, -0.2) is 0 Å². The summed E-state index contributed by atoms with van der Waals surface area (Å²) in [5.41, 5.74) is 9.23. The van der Waals surface area contributed by atoms with Crippen molar-refractivity contribution in [3.05, 3.63) is 203 Å². The van der Waals surface area contributed by atoms with Crippen LogP contribution in [0.4, 0.5) is 0 Å².